The van der Waals surface area contributed by atoms with Crippen molar-refractivity contribution in [2.24, 2.45) is 0 Å². The third-order valence-electron chi connectivity index (χ3n) is 2.81. The van der Waals surface area contributed by atoms with Crippen molar-refractivity contribution in [3.8, 4) is 0 Å². The van der Waals surface area contributed by atoms with Gasteiger partial charge in [0.1, 0.15) is 5.01 Å². The smallest absolute Gasteiger partial charge is 0.241 e. The number of aryl methyl sites for hydroxylation is 1. The summed E-state index contributed by atoms with van der Waals surface area (Å²) in [6.07, 6.45) is 1.64. The zero-order valence-electron chi connectivity index (χ0n) is 10.7. The topological polar surface area (TPSA) is 85.1 Å². The van der Waals surface area contributed by atoms with Crippen molar-refractivity contribution in [3.05, 3.63) is 39.8 Å². The predicted molar refractivity (Wildman–Crippen MR) is 76.5 cm³/mol. The van der Waals surface area contributed by atoms with Crippen LogP contribution in [0.3, 0.4) is 0 Å². The van der Waals surface area contributed by atoms with Crippen molar-refractivity contribution in [2.75, 3.05) is 5.73 Å². The Morgan fingerprint density at radius 3 is 2.74 bits per heavy atom. The summed E-state index contributed by atoms with van der Waals surface area (Å²) in [5, 5.41) is 2.53. The quantitative estimate of drug-likeness (QED) is 0.843. The highest BCUT2D eigenvalue weighted by Gasteiger charge is 2.20. The Morgan fingerprint density at radius 1 is 1.37 bits per heavy atom. The molecule has 0 radical (unpaired) electrons. The van der Waals surface area contributed by atoms with Crippen molar-refractivity contribution in [3.63, 3.8) is 0 Å². The van der Waals surface area contributed by atoms with Crippen LogP contribution in [0.2, 0.25) is 0 Å². The van der Waals surface area contributed by atoms with E-state index in [9.17, 15) is 8.42 Å². The molecular formula is C12H15N3O2S2. The summed E-state index contributed by atoms with van der Waals surface area (Å²) in [7, 11) is -3.58. The van der Waals surface area contributed by atoms with Gasteiger partial charge in [-0.2, -0.15) is 0 Å². The molecule has 0 spiro atoms. The summed E-state index contributed by atoms with van der Waals surface area (Å²) < 4.78 is 27.2. The van der Waals surface area contributed by atoms with Gasteiger partial charge in [-0.25, -0.2) is 18.1 Å². The van der Waals surface area contributed by atoms with E-state index in [0.29, 0.717) is 16.8 Å². The number of sulfonamides is 1. The number of nitrogens with two attached hydrogens (primary N) is 1. The van der Waals surface area contributed by atoms with Gasteiger partial charge in [0.05, 0.1) is 11.4 Å². The fourth-order valence-corrected chi connectivity index (χ4v) is 3.96. The Kier molecular flexibility index (Phi) is 3.88. The highest BCUT2D eigenvalue weighted by atomic mass is 32.2. The molecule has 0 bridgehead atoms. The summed E-state index contributed by atoms with van der Waals surface area (Å²) in [4.78, 5) is 4.30. The molecule has 0 aliphatic carbocycles. The Labute approximate surface area is 116 Å². The van der Waals surface area contributed by atoms with E-state index in [1.165, 1.54) is 11.3 Å². The summed E-state index contributed by atoms with van der Waals surface area (Å²) in [6, 6.07) is 3.42. The van der Waals surface area contributed by atoms with Crippen LogP contribution in [0.4, 0.5) is 5.69 Å². The highest BCUT2D eigenvalue weighted by Crippen LogP contribution is 2.24. The summed E-state index contributed by atoms with van der Waals surface area (Å²) >= 11 is 1.41. The number of nitrogens with zero attached hydrogens (tertiary/aromatic N) is 1. The SMILES string of the molecule is Cc1ccc(N)c(C)c1S(=O)(=O)NCc1nccs1. The fourth-order valence-electron chi connectivity index (χ4n) is 1.82. The average molecular weight is 297 g/mol. The minimum absolute atomic E-state index is 0.188. The standard InChI is InChI=1S/C12H15N3O2S2/c1-8-3-4-10(13)9(2)12(8)19(16,17)15-7-11-14-5-6-18-11/h3-6,15H,7,13H2,1-2H3. The first-order valence-corrected chi connectivity index (χ1v) is 8.02. The van der Waals surface area contributed by atoms with Gasteiger partial charge in [0.15, 0.2) is 0 Å². The minimum Gasteiger partial charge on any atom is -0.398 e. The van der Waals surface area contributed by atoms with Gasteiger partial charge in [-0.15, -0.1) is 11.3 Å². The van der Waals surface area contributed by atoms with E-state index >= 15 is 0 Å². The Morgan fingerprint density at radius 2 is 2.11 bits per heavy atom. The van der Waals surface area contributed by atoms with Gasteiger partial charge in [-0.3, -0.25) is 0 Å². The Balaban J connectivity index is 2.32. The highest BCUT2D eigenvalue weighted by molar-refractivity contribution is 7.89. The Hall–Kier alpha value is -1.44. The molecule has 0 atom stereocenters. The Bertz CT molecular complexity index is 679. The number of anilines is 1. The van der Waals surface area contributed by atoms with Crippen LogP contribution >= 0.6 is 11.3 Å². The molecule has 0 unspecified atom stereocenters. The first-order valence-electron chi connectivity index (χ1n) is 5.65. The van der Waals surface area contributed by atoms with E-state index in [-0.39, 0.29) is 11.4 Å². The second kappa shape index (κ2) is 5.28. The molecule has 0 amide bonds. The predicted octanol–water partition coefficient (Wildman–Crippen LogP) is 1.82. The van der Waals surface area contributed by atoms with Crippen LogP contribution in [0.25, 0.3) is 0 Å². The summed E-state index contributed by atoms with van der Waals surface area (Å²) in [6.45, 7) is 3.65. The molecule has 0 saturated carbocycles. The number of thiazole rings is 1. The van der Waals surface area contributed by atoms with E-state index in [0.717, 1.165) is 5.01 Å². The molecule has 2 rings (SSSR count). The molecule has 19 heavy (non-hydrogen) atoms. The van der Waals surface area contributed by atoms with Crippen LogP contribution in [-0.2, 0) is 16.6 Å². The van der Waals surface area contributed by atoms with Crippen LogP contribution in [-0.4, -0.2) is 13.4 Å². The maximum Gasteiger partial charge on any atom is 0.241 e. The monoisotopic (exact) mass is 297 g/mol. The summed E-state index contributed by atoms with van der Waals surface area (Å²) in [5.41, 5.74) is 7.50. The first-order chi connectivity index (χ1) is 8.92. The molecule has 0 aliphatic rings. The second-order valence-corrected chi connectivity index (χ2v) is 6.86. The van der Waals surface area contributed by atoms with Gasteiger partial charge in [0.2, 0.25) is 10.0 Å². The van der Waals surface area contributed by atoms with Crippen LogP contribution < -0.4 is 10.5 Å². The molecule has 1 aromatic carbocycles. The lowest BCUT2D eigenvalue weighted by atomic mass is 10.1. The first kappa shape index (κ1) is 14.0. The molecule has 0 aliphatic heterocycles. The molecule has 102 valence electrons. The van der Waals surface area contributed by atoms with Gasteiger partial charge >= 0.3 is 0 Å². The molecule has 0 fully saturated rings. The van der Waals surface area contributed by atoms with Crippen molar-refractivity contribution in [1.82, 2.24) is 9.71 Å². The normalized spacial score (nSPS) is 11.7. The number of hydrogen-bond donors (Lipinski definition) is 2. The third-order valence-corrected chi connectivity index (χ3v) is 5.28. The lowest BCUT2D eigenvalue weighted by Gasteiger charge is -2.13. The van der Waals surface area contributed by atoms with Crippen LogP contribution in [0.15, 0.2) is 28.6 Å². The largest absolute Gasteiger partial charge is 0.398 e. The van der Waals surface area contributed by atoms with Crippen molar-refractivity contribution in [1.29, 1.82) is 0 Å². The molecule has 2 aromatic rings. The minimum atomic E-state index is -3.58. The van der Waals surface area contributed by atoms with Crippen molar-refractivity contribution in [2.45, 2.75) is 25.3 Å². The van der Waals surface area contributed by atoms with E-state index in [1.54, 1.807) is 37.6 Å². The maximum atomic E-state index is 12.3. The number of benzene rings is 1. The van der Waals surface area contributed by atoms with Crippen LogP contribution in [0.1, 0.15) is 16.1 Å². The second-order valence-electron chi connectivity index (χ2n) is 4.18. The van der Waals surface area contributed by atoms with Crippen molar-refractivity contribution >= 4 is 27.0 Å². The molecule has 1 heterocycles. The third kappa shape index (κ3) is 2.94. The van der Waals surface area contributed by atoms with Gasteiger partial charge in [0, 0.05) is 17.3 Å². The molecule has 0 saturated heterocycles. The average Bonchev–Trinajstić information content (AvgIpc) is 2.85. The molecular weight excluding hydrogens is 282 g/mol. The fraction of sp³-hybridized carbons (Fsp3) is 0.250. The van der Waals surface area contributed by atoms with E-state index in [2.05, 4.69) is 9.71 Å². The van der Waals surface area contributed by atoms with E-state index in [1.807, 2.05) is 0 Å². The number of aromatic nitrogens is 1. The molecule has 3 N–H and O–H groups in total. The van der Waals surface area contributed by atoms with Gasteiger partial charge in [-0.1, -0.05) is 6.07 Å². The van der Waals surface area contributed by atoms with Gasteiger partial charge in [0.25, 0.3) is 0 Å². The summed E-state index contributed by atoms with van der Waals surface area (Å²) in [5.74, 6) is 0. The lowest BCUT2D eigenvalue weighted by molar-refractivity contribution is 0.580. The van der Waals surface area contributed by atoms with Gasteiger partial charge < -0.3 is 5.73 Å². The zero-order valence-corrected chi connectivity index (χ0v) is 12.3. The van der Waals surface area contributed by atoms with Gasteiger partial charge in [-0.05, 0) is 31.0 Å². The number of rotatable bonds is 4. The lowest BCUT2D eigenvalue weighted by Crippen LogP contribution is -2.25. The van der Waals surface area contributed by atoms with Crippen LogP contribution in [0, 0.1) is 13.8 Å². The zero-order chi connectivity index (χ0) is 14.0. The molecule has 7 heteroatoms. The molecule has 1 aromatic heterocycles. The molecule has 5 nitrogen and oxygen atoms in total. The number of nitrogen functional groups attached to an aromatic ring is 1. The number of nitrogens with one attached hydrogen (secondary N) is 1. The van der Waals surface area contributed by atoms with Crippen molar-refractivity contribution < 1.29 is 8.42 Å². The number of hydrogen-bond acceptors (Lipinski definition) is 5. The maximum absolute atomic E-state index is 12.3. The van der Waals surface area contributed by atoms with Crippen LogP contribution in [0.5, 0.6) is 0 Å². The van der Waals surface area contributed by atoms with E-state index in [4.69, 9.17) is 5.73 Å². The van der Waals surface area contributed by atoms with E-state index < -0.39 is 10.0 Å².